The van der Waals surface area contributed by atoms with Crippen LogP contribution in [-0.4, -0.2) is 0 Å². The van der Waals surface area contributed by atoms with Gasteiger partial charge in [0.05, 0.1) is 0 Å². The standard InChI is InChI=1S/C15H12O/c1-10-7-8-14-13-6-4-3-5-12(13)11(2)16-15(14)9-10/h3-9H,2H2,1H3. The van der Waals surface area contributed by atoms with Crippen LogP contribution in [0.15, 0.2) is 49.0 Å². The van der Waals surface area contributed by atoms with Crippen LogP contribution >= 0.6 is 0 Å². The number of rotatable bonds is 0. The molecule has 0 amide bonds. The zero-order chi connectivity index (χ0) is 11.1. The van der Waals surface area contributed by atoms with E-state index in [1.807, 2.05) is 18.2 Å². The van der Waals surface area contributed by atoms with E-state index in [2.05, 4.69) is 37.8 Å². The first-order chi connectivity index (χ1) is 7.75. The van der Waals surface area contributed by atoms with E-state index in [0.717, 1.165) is 22.6 Å². The molecule has 0 N–H and O–H groups in total. The summed E-state index contributed by atoms with van der Waals surface area (Å²) in [6.07, 6.45) is 0. The van der Waals surface area contributed by atoms with Gasteiger partial charge >= 0.3 is 0 Å². The molecule has 2 aromatic carbocycles. The molecular weight excluding hydrogens is 196 g/mol. The molecule has 0 atom stereocenters. The molecule has 1 nitrogen and oxygen atoms in total. The fourth-order valence-electron chi connectivity index (χ4n) is 2.09. The van der Waals surface area contributed by atoms with E-state index in [0.29, 0.717) is 0 Å². The van der Waals surface area contributed by atoms with Crippen LogP contribution in [0.2, 0.25) is 0 Å². The first-order valence-electron chi connectivity index (χ1n) is 5.33. The van der Waals surface area contributed by atoms with Crippen LogP contribution in [0.5, 0.6) is 5.75 Å². The van der Waals surface area contributed by atoms with Gasteiger partial charge in [-0.25, -0.2) is 0 Å². The molecule has 0 spiro atoms. The van der Waals surface area contributed by atoms with E-state index >= 15 is 0 Å². The van der Waals surface area contributed by atoms with Gasteiger partial charge in [0, 0.05) is 11.1 Å². The van der Waals surface area contributed by atoms with Crippen molar-refractivity contribution < 1.29 is 4.74 Å². The van der Waals surface area contributed by atoms with Gasteiger partial charge in [-0.3, -0.25) is 0 Å². The largest absolute Gasteiger partial charge is 0.457 e. The molecule has 0 saturated carbocycles. The molecule has 1 heteroatoms. The zero-order valence-electron chi connectivity index (χ0n) is 9.16. The van der Waals surface area contributed by atoms with Crippen molar-refractivity contribution >= 4 is 5.76 Å². The second-order valence-corrected chi connectivity index (χ2v) is 4.07. The van der Waals surface area contributed by atoms with Crippen LogP contribution in [-0.2, 0) is 0 Å². The molecule has 0 radical (unpaired) electrons. The van der Waals surface area contributed by atoms with E-state index < -0.39 is 0 Å². The molecule has 1 aliphatic rings. The summed E-state index contributed by atoms with van der Waals surface area (Å²) in [5.41, 5.74) is 4.63. The molecule has 0 aromatic heterocycles. The van der Waals surface area contributed by atoms with Crippen LogP contribution in [0.4, 0.5) is 0 Å². The Morgan fingerprint density at radius 1 is 0.938 bits per heavy atom. The molecule has 78 valence electrons. The van der Waals surface area contributed by atoms with Crippen LogP contribution in [0.1, 0.15) is 11.1 Å². The second-order valence-electron chi connectivity index (χ2n) is 4.07. The van der Waals surface area contributed by atoms with Crippen molar-refractivity contribution in [2.45, 2.75) is 6.92 Å². The van der Waals surface area contributed by atoms with Gasteiger partial charge in [-0.1, -0.05) is 43.0 Å². The summed E-state index contributed by atoms with van der Waals surface area (Å²) in [5, 5.41) is 0. The molecule has 0 bridgehead atoms. The lowest BCUT2D eigenvalue weighted by atomic mass is 9.95. The minimum Gasteiger partial charge on any atom is -0.457 e. The predicted molar refractivity (Wildman–Crippen MR) is 66.3 cm³/mol. The summed E-state index contributed by atoms with van der Waals surface area (Å²) in [6.45, 7) is 6.02. The summed E-state index contributed by atoms with van der Waals surface area (Å²) in [4.78, 5) is 0. The monoisotopic (exact) mass is 208 g/mol. The van der Waals surface area contributed by atoms with Crippen LogP contribution in [0.3, 0.4) is 0 Å². The molecule has 0 saturated heterocycles. The highest BCUT2D eigenvalue weighted by molar-refractivity contribution is 5.86. The number of benzene rings is 2. The Morgan fingerprint density at radius 3 is 2.50 bits per heavy atom. The fraction of sp³-hybridized carbons (Fsp3) is 0.0667. The molecule has 0 unspecified atom stereocenters. The third-order valence-corrected chi connectivity index (χ3v) is 2.89. The van der Waals surface area contributed by atoms with Crippen molar-refractivity contribution in [3.8, 4) is 16.9 Å². The number of fused-ring (bicyclic) bond motifs is 3. The Kier molecular flexibility index (Phi) is 1.87. The maximum absolute atomic E-state index is 5.74. The highest BCUT2D eigenvalue weighted by atomic mass is 16.5. The van der Waals surface area contributed by atoms with Crippen molar-refractivity contribution in [2.75, 3.05) is 0 Å². The average Bonchev–Trinajstić information content (AvgIpc) is 2.29. The van der Waals surface area contributed by atoms with E-state index in [1.54, 1.807) is 0 Å². The van der Waals surface area contributed by atoms with Crippen LogP contribution < -0.4 is 4.74 Å². The number of hydrogen-bond donors (Lipinski definition) is 0. The van der Waals surface area contributed by atoms with Crippen molar-refractivity contribution in [3.63, 3.8) is 0 Å². The predicted octanol–water partition coefficient (Wildman–Crippen LogP) is 4.03. The number of ether oxygens (including phenoxy) is 1. The molecule has 0 aliphatic carbocycles. The highest BCUT2D eigenvalue weighted by Crippen LogP contribution is 2.41. The van der Waals surface area contributed by atoms with E-state index in [1.165, 1.54) is 11.1 Å². The van der Waals surface area contributed by atoms with Crippen molar-refractivity contribution in [3.05, 3.63) is 60.2 Å². The lowest BCUT2D eigenvalue weighted by molar-refractivity contribution is 0.513. The fourth-order valence-corrected chi connectivity index (χ4v) is 2.09. The molecule has 1 heterocycles. The SMILES string of the molecule is C=C1Oc2cc(C)ccc2-c2ccccc21. The first-order valence-corrected chi connectivity index (χ1v) is 5.33. The average molecular weight is 208 g/mol. The Hall–Kier alpha value is -2.02. The smallest absolute Gasteiger partial charge is 0.135 e. The van der Waals surface area contributed by atoms with Crippen molar-refractivity contribution in [1.29, 1.82) is 0 Å². The summed E-state index contributed by atoms with van der Waals surface area (Å²) in [5.74, 6) is 1.64. The molecule has 2 aromatic rings. The normalized spacial score (nSPS) is 12.7. The maximum atomic E-state index is 5.74. The molecule has 16 heavy (non-hydrogen) atoms. The van der Waals surface area contributed by atoms with Gasteiger partial charge in [0.1, 0.15) is 11.5 Å². The molecular formula is C15H12O. The lowest BCUT2D eigenvalue weighted by Gasteiger charge is -2.22. The van der Waals surface area contributed by atoms with Gasteiger partial charge in [0.15, 0.2) is 0 Å². The Morgan fingerprint density at radius 2 is 1.69 bits per heavy atom. The quantitative estimate of drug-likeness (QED) is 0.635. The first kappa shape index (κ1) is 9.22. The van der Waals surface area contributed by atoms with E-state index in [9.17, 15) is 0 Å². The topological polar surface area (TPSA) is 9.23 Å². The number of hydrogen-bond acceptors (Lipinski definition) is 1. The third-order valence-electron chi connectivity index (χ3n) is 2.89. The summed E-state index contributed by atoms with van der Waals surface area (Å²) >= 11 is 0. The van der Waals surface area contributed by atoms with Crippen molar-refractivity contribution in [1.82, 2.24) is 0 Å². The third kappa shape index (κ3) is 1.25. The molecule has 1 aliphatic heterocycles. The zero-order valence-corrected chi connectivity index (χ0v) is 9.16. The van der Waals surface area contributed by atoms with Gasteiger partial charge < -0.3 is 4.74 Å². The van der Waals surface area contributed by atoms with Gasteiger partial charge in [0.25, 0.3) is 0 Å². The van der Waals surface area contributed by atoms with Crippen LogP contribution in [0, 0.1) is 6.92 Å². The van der Waals surface area contributed by atoms with Gasteiger partial charge in [0.2, 0.25) is 0 Å². The Labute approximate surface area is 95.0 Å². The number of aryl methyl sites for hydroxylation is 1. The van der Waals surface area contributed by atoms with Crippen LogP contribution in [0.25, 0.3) is 16.9 Å². The van der Waals surface area contributed by atoms with E-state index in [-0.39, 0.29) is 0 Å². The van der Waals surface area contributed by atoms with Gasteiger partial charge in [-0.2, -0.15) is 0 Å². The second kappa shape index (κ2) is 3.24. The van der Waals surface area contributed by atoms with E-state index in [4.69, 9.17) is 4.74 Å². The lowest BCUT2D eigenvalue weighted by Crippen LogP contribution is -2.03. The molecule has 0 fully saturated rings. The van der Waals surface area contributed by atoms with Gasteiger partial charge in [-0.05, 0) is 24.1 Å². The minimum atomic E-state index is 0.730. The summed E-state index contributed by atoms with van der Waals surface area (Å²) in [7, 11) is 0. The summed E-state index contributed by atoms with van der Waals surface area (Å²) in [6, 6.07) is 14.5. The maximum Gasteiger partial charge on any atom is 0.135 e. The Bertz CT molecular complexity index is 582. The highest BCUT2D eigenvalue weighted by Gasteiger charge is 2.19. The van der Waals surface area contributed by atoms with Crippen molar-refractivity contribution in [2.24, 2.45) is 0 Å². The minimum absolute atomic E-state index is 0.730. The summed E-state index contributed by atoms with van der Waals surface area (Å²) < 4.78 is 5.74. The molecule has 3 rings (SSSR count). The van der Waals surface area contributed by atoms with Gasteiger partial charge in [-0.15, -0.1) is 0 Å². The Balaban J connectivity index is 2.32.